The number of amides is 2. The van der Waals surface area contributed by atoms with Crippen LogP contribution in [-0.4, -0.2) is 36.3 Å². The molecule has 2 fully saturated rings. The minimum atomic E-state index is -0.287. The number of hydrogen-bond acceptors (Lipinski definition) is 2. The van der Waals surface area contributed by atoms with Crippen LogP contribution >= 0.6 is 0 Å². The summed E-state index contributed by atoms with van der Waals surface area (Å²) < 4.78 is 0. The first kappa shape index (κ1) is 14.1. The summed E-state index contributed by atoms with van der Waals surface area (Å²) in [6.45, 7) is 2.29. The molecule has 1 saturated heterocycles. The lowest BCUT2D eigenvalue weighted by molar-refractivity contribution is -0.127. The van der Waals surface area contributed by atoms with Crippen molar-refractivity contribution in [3.63, 3.8) is 0 Å². The Hall–Kier alpha value is -1.84. The monoisotopic (exact) mass is 286 g/mol. The highest BCUT2D eigenvalue weighted by Crippen LogP contribution is 2.48. The molecule has 1 N–H and O–H groups in total. The number of likely N-dealkylation sites (tertiary alicyclic amines) is 1. The molecule has 112 valence electrons. The molecule has 1 aromatic rings. The van der Waals surface area contributed by atoms with Crippen molar-refractivity contribution in [1.82, 2.24) is 10.2 Å². The molecular formula is C17H22N2O2. The average molecular weight is 286 g/mol. The lowest BCUT2D eigenvalue weighted by atomic mass is 9.95. The molecule has 2 aliphatic rings. The van der Waals surface area contributed by atoms with E-state index >= 15 is 0 Å². The Bertz CT molecular complexity index is 523. The lowest BCUT2D eigenvalue weighted by Crippen LogP contribution is -2.36. The van der Waals surface area contributed by atoms with Crippen molar-refractivity contribution in [2.75, 3.05) is 19.6 Å². The molecule has 1 saturated carbocycles. The van der Waals surface area contributed by atoms with Crippen LogP contribution in [0.15, 0.2) is 30.3 Å². The first-order chi connectivity index (χ1) is 10.2. The molecule has 0 aromatic heterocycles. The number of carbonyl (C=O) groups excluding carboxylic acids is 2. The van der Waals surface area contributed by atoms with E-state index in [1.54, 1.807) is 0 Å². The Balaban J connectivity index is 1.45. The van der Waals surface area contributed by atoms with Gasteiger partial charge in [0, 0.05) is 26.1 Å². The molecule has 0 spiro atoms. The summed E-state index contributed by atoms with van der Waals surface area (Å²) in [6.07, 6.45) is 4.37. The van der Waals surface area contributed by atoms with Gasteiger partial charge in [0.2, 0.25) is 11.8 Å². The van der Waals surface area contributed by atoms with Gasteiger partial charge in [-0.05, 0) is 31.2 Å². The molecule has 2 amide bonds. The molecule has 4 nitrogen and oxygen atoms in total. The van der Waals surface area contributed by atoms with Crippen LogP contribution in [0.1, 0.15) is 37.7 Å². The summed E-state index contributed by atoms with van der Waals surface area (Å²) in [5.41, 5.74) is 0.835. The van der Waals surface area contributed by atoms with Gasteiger partial charge in [-0.1, -0.05) is 30.3 Å². The predicted molar refractivity (Wildman–Crippen MR) is 80.8 cm³/mol. The summed E-state index contributed by atoms with van der Waals surface area (Å²) in [5.74, 6) is 0.394. The third kappa shape index (κ3) is 2.94. The van der Waals surface area contributed by atoms with Gasteiger partial charge in [-0.3, -0.25) is 9.59 Å². The van der Waals surface area contributed by atoms with E-state index in [0.29, 0.717) is 13.0 Å². The number of hydrogen-bond donors (Lipinski definition) is 1. The molecule has 1 aliphatic heterocycles. The summed E-state index contributed by atoms with van der Waals surface area (Å²) in [4.78, 5) is 25.8. The van der Waals surface area contributed by atoms with Gasteiger partial charge in [0.25, 0.3) is 0 Å². The molecule has 0 radical (unpaired) electrons. The number of nitrogens with one attached hydrogen (secondary N) is 1. The summed E-state index contributed by atoms with van der Waals surface area (Å²) in [6, 6.07) is 10.0. The Kier molecular flexibility index (Phi) is 3.95. The fourth-order valence-corrected chi connectivity index (χ4v) is 3.11. The molecule has 1 aliphatic carbocycles. The summed E-state index contributed by atoms with van der Waals surface area (Å²) in [5, 5.41) is 3.05. The van der Waals surface area contributed by atoms with Gasteiger partial charge in [0.15, 0.2) is 0 Å². The second kappa shape index (κ2) is 5.88. The Morgan fingerprint density at radius 3 is 2.62 bits per heavy atom. The van der Waals surface area contributed by atoms with Crippen molar-refractivity contribution in [3.8, 4) is 0 Å². The molecule has 0 atom stereocenters. The zero-order valence-corrected chi connectivity index (χ0v) is 12.3. The van der Waals surface area contributed by atoms with Gasteiger partial charge in [-0.2, -0.15) is 0 Å². The van der Waals surface area contributed by atoms with Gasteiger partial charge in [0.05, 0.1) is 5.41 Å². The van der Waals surface area contributed by atoms with Crippen LogP contribution in [0.2, 0.25) is 0 Å². The van der Waals surface area contributed by atoms with Crippen LogP contribution < -0.4 is 5.32 Å². The highest BCUT2D eigenvalue weighted by atomic mass is 16.2. The summed E-state index contributed by atoms with van der Waals surface area (Å²) in [7, 11) is 0. The maximum Gasteiger partial charge on any atom is 0.230 e. The van der Waals surface area contributed by atoms with Crippen molar-refractivity contribution in [1.29, 1.82) is 0 Å². The Morgan fingerprint density at radius 2 is 2.00 bits per heavy atom. The predicted octanol–water partition coefficient (Wildman–Crippen LogP) is 1.85. The third-order valence-electron chi connectivity index (χ3n) is 4.57. The quantitative estimate of drug-likeness (QED) is 0.811. The van der Waals surface area contributed by atoms with E-state index in [-0.39, 0.29) is 17.2 Å². The molecule has 4 heteroatoms. The van der Waals surface area contributed by atoms with Gasteiger partial charge in [-0.15, -0.1) is 0 Å². The van der Waals surface area contributed by atoms with Crippen LogP contribution in [0.3, 0.4) is 0 Å². The first-order valence-corrected chi connectivity index (χ1v) is 7.84. The largest absolute Gasteiger partial charge is 0.355 e. The molecule has 0 bridgehead atoms. The highest BCUT2D eigenvalue weighted by molar-refractivity contribution is 5.91. The zero-order chi connectivity index (χ0) is 14.7. The maximum atomic E-state index is 12.4. The maximum absolute atomic E-state index is 12.4. The number of carbonyl (C=O) groups is 2. The van der Waals surface area contributed by atoms with Crippen molar-refractivity contribution in [3.05, 3.63) is 35.9 Å². The molecular weight excluding hydrogens is 264 g/mol. The van der Waals surface area contributed by atoms with Crippen molar-refractivity contribution >= 4 is 11.8 Å². The van der Waals surface area contributed by atoms with Crippen molar-refractivity contribution in [2.24, 2.45) is 0 Å². The SMILES string of the molecule is O=C1CCCN1CCCNC(=O)C1(c2ccccc2)CC1. The van der Waals surface area contributed by atoms with Gasteiger partial charge >= 0.3 is 0 Å². The molecule has 1 aromatic carbocycles. The van der Waals surface area contributed by atoms with Crippen LogP contribution in [0.4, 0.5) is 0 Å². The standard InChI is InChI=1S/C17H22N2O2/c20-15-8-4-12-19(15)13-5-11-18-16(21)17(9-10-17)14-6-2-1-3-7-14/h1-3,6-7H,4-5,8-13H2,(H,18,21). The van der Waals surface area contributed by atoms with Crippen molar-refractivity contribution < 1.29 is 9.59 Å². The number of nitrogens with zero attached hydrogens (tertiary/aromatic N) is 1. The van der Waals surface area contributed by atoms with E-state index in [4.69, 9.17) is 0 Å². The third-order valence-corrected chi connectivity index (χ3v) is 4.57. The molecule has 3 rings (SSSR count). The smallest absolute Gasteiger partial charge is 0.230 e. The lowest BCUT2D eigenvalue weighted by Gasteiger charge is -2.18. The average Bonchev–Trinajstić information content (AvgIpc) is 3.23. The number of benzene rings is 1. The van der Waals surface area contributed by atoms with Crippen LogP contribution in [0, 0.1) is 0 Å². The second-order valence-electron chi connectivity index (χ2n) is 6.04. The van der Waals surface area contributed by atoms with Crippen LogP contribution in [-0.2, 0) is 15.0 Å². The summed E-state index contributed by atoms with van der Waals surface area (Å²) >= 11 is 0. The van der Waals surface area contributed by atoms with E-state index in [9.17, 15) is 9.59 Å². The minimum Gasteiger partial charge on any atom is -0.355 e. The Labute approximate surface area is 125 Å². The van der Waals surface area contributed by atoms with Gasteiger partial charge in [0.1, 0.15) is 0 Å². The van der Waals surface area contributed by atoms with Crippen molar-refractivity contribution in [2.45, 2.75) is 37.5 Å². The topological polar surface area (TPSA) is 49.4 Å². The fraction of sp³-hybridized carbons (Fsp3) is 0.529. The second-order valence-corrected chi connectivity index (χ2v) is 6.04. The molecule has 21 heavy (non-hydrogen) atoms. The fourth-order valence-electron chi connectivity index (χ4n) is 3.11. The first-order valence-electron chi connectivity index (χ1n) is 7.84. The van der Waals surface area contributed by atoms with E-state index in [1.165, 1.54) is 0 Å². The van der Waals surface area contributed by atoms with Gasteiger partial charge in [-0.25, -0.2) is 0 Å². The van der Waals surface area contributed by atoms with E-state index in [1.807, 2.05) is 35.2 Å². The van der Waals surface area contributed by atoms with E-state index in [0.717, 1.165) is 44.3 Å². The number of rotatable bonds is 6. The van der Waals surface area contributed by atoms with Gasteiger partial charge < -0.3 is 10.2 Å². The van der Waals surface area contributed by atoms with Crippen LogP contribution in [0.5, 0.6) is 0 Å². The molecule has 0 unspecified atom stereocenters. The van der Waals surface area contributed by atoms with Crippen LogP contribution in [0.25, 0.3) is 0 Å². The molecule has 1 heterocycles. The normalized spacial score (nSPS) is 19.6. The highest BCUT2D eigenvalue weighted by Gasteiger charge is 2.50. The van der Waals surface area contributed by atoms with E-state index in [2.05, 4.69) is 5.32 Å². The van der Waals surface area contributed by atoms with E-state index < -0.39 is 0 Å². The Morgan fingerprint density at radius 1 is 1.24 bits per heavy atom. The minimum absolute atomic E-state index is 0.140. The zero-order valence-electron chi connectivity index (χ0n) is 12.3.